The highest BCUT2D eigenvalue weighted by Gasteiger charge is 2.63. The molecule has 0 nitrogen and oxygen atoms in total. The lowest BCUT2D eigenvalue weighted by atomic mass is 10.0. The Bertz CT molecular complexity index is 198. The molecule has 0 aromatic heterocycles. The van der Waals surface area contributed by atoms with Gasteiger partial charge < -0.3 is 0 Å². The summed E-state index contributed by atoms with van der Waals surface area (Å²) in [6.07, 6.45) is -9.49. The van der Waals surface area contributed by atoms with Gasteiger partial charge in [-0.1, -0.05) is 6.08 Å². The van der Waals surface area contributed by atoms with E-state index in [-0.39, 0.29) is 0 Å². The number of hydrogen-bond acceptors (Lipinski definition) is 0. The first-order valence-corrected chi connectivity index (χ1v) is 3.45. The summed E-state index contributed by atoms with van der Waals surface area (Å²) in [6, 6.07) is 0. The summed E-state index contributed by atoms with van der Waals surface area (Å²) in [7, 11) is 0. The van der Waals surface area contributed by atoms with E-state index < -0.39 is 30.9 Å². The summed E-state index contributed by atoms with van der Waals surface area (Å²) in [5, 5.41) is 0. The second kappa shape index (κ2) is 4.18. The Morgan fingerprint density at radius 2 is 1.50 bits per heavy atom. The van der Waals surface area contributed by atoms with E-state index in [4.69, 9.17) is 0 Å². The minimum absolute atomic E-state index is 0.409. The molecule has 1 unspecified atom stereocenters. The molecule has 0 aliphatic heterocycles. The predicted octanol–water partition coefficient (Wildman–Crippen LogP) is 3.44. The van der Waals surface area contributed by atoms with Crippen LogP contribution in [0.3, 0.4) is 0 Å². The summed E-state index contributed by atoms with van der Waals surface area (Å²) in [4.78, 5) is 0. The summed E-state index contributed by atoms with van der Waals surface area (Å²) >= 11 is 0. The molecule has 0 aromatic carbocycles. The molecule has 0 radical (unpaired) electrons. The standard InChI is InChI=1S/C7H7F7/c1-2-3-6(11,12)7(13,14)4(8)5(9)10/h2,4-5H,1,3H2. The number of allylic oxidation sites excluding steroid dienone is 1. The fourth-order valence-electron chi connectivity index (χ4n) is 0.677. The van der Waals surface area contributed by atoms with Crippen LogP contribution in [0.4, 0.5) is 30.7 Å². The van der Waals surface area contributed by atoms with Gasteiger partial charge in [0.2, 0.25) is 6.17 Å². The molecule has 7 heteroatoms. The molecule has 0 aliphatic carbocycles. The SMILES string of the molecule is C=CCC(F)(F)C(F)(F)C(F)C(F)F. The lowest BCUT2D eigenvalue weighted by molar-refractivity contribution is -0.255. The molecule has 0 rings (SSSR count). The normalized spacial score (nSPS) is 15.7. The van der Waals surface area contributed by atoms with Gasteiger partial charge in [-0.2, -0.15) is 17.6 Å². The van der Waals surface area contributed by atoms with Gasteiger partial charge in [-0.25, -0.2) is 13.2 Å². The van der Waals surface area contributed by atoms with E-state index in [1.807, 2.05) is 0 Å². The fraction of sp³-hybridized carbons (Fsp3) is 0.714. The fourth-order valence-corrected chi connectivity index (χ4v) is 0.677. The molecule has 14 heavy (non-hydrogen) atoms. The van der Waals surface area contributed by atoms with Gasteiger partial charge in [0.05, 0.1) is 0 Å². The van der Waals surface area contributed by atoms with Crippen LogP contribution < -0.4 is 0 Å². The van der Waals surface area contributed by atoms with Gasteiger partial charge in [-0.15, -0.1) is 6.58 Å². The minimum Gasteiger partial charge on any atom is -0.234 e. The van der Waals surface area contributed by atoms with Gasteiger partial charge >= 0.3 is 11.8 Å². The van der Waals surface area contributed by atoms with Crippen molar-refractivity contribution in [3.8, 4) is 0 Å². The summed E-state index contributed by atoms with van der Waals surface area (Å²) in [6.45, 7) is 2.74. The van der Waals surface area contributed by atoms with Crippen molar-refractivity contribution in [3.63, 3.8) is 0 Å². The lowest BCUT2D eigenvalue weighted by Gasteiger charge is -2.27. The van der Waals surface area contributed by atoms with Crippen LogP contribution >= 0.6 is 0 Å². The highest BCUT2D eigenvalue weighted by molar-refractivity contribution is 4.95. The van der Waals surface area contributed by atoms with Crippen LogP contribution in [0.25, 0.3) is 0 Å². The molecular formula is C7H7F7. The Balaban J connectivity index is 4.82. The average Bonchev–Trinajstić information content (AvgIpc) is 2.02. The third-order valence-electron chi connectivity index (χ3n) is 1.46. The third kappa shape index (κ3) is 2.39. The maximum Gasteiger partial charge on any atom is 0.346 e. The van der Waals surface area contributed by atoms with E-state index in [1.165, 1.54) is 0 Å². The largest absolute Gasteiger partial charge is 0.346 e. The molecule has 0 N–H and O–H groups in total. The summed E-state index contributed by atoms with van der Waals surface area (Å²) < 4.78 is 84.7. The van der Waals surface area contributed by atoms with E-state index in [1.54, 1.807) is 0 Å². The minimum atomic E-state index is -5.39. The maximum atomic E-state index is 12.4. The summed E-state index contributed by atoms with van der Waals surface area (Å²) in [5.41, 5.74) is 0. The van der Waals surface area contributed by atoms with Crippen molar-refractivity contribution in [1.29, 1.82) is 0 Å². The summed E-state index contributed by atoms with van der Waals surface area (Å²) in [5.74, 6) is -10.3. The lowest BCUT2D eigenvalue weighted by Crippen LogP contribution is -2.50. The van der Waals surface area contributed by atoms with Crippen molar-refractivity contribution in [1.82, 2.24) is 0 Å². The van der Waals surface area contributed by atoms with Crippen molar-refractivity contribution < 1.29 is 30.7 Å². The van der Waals surface area contributed by atoms with E-state index in [0.717, 1.165) is 0 Å². The van der Waals surface area contributed by atoms with Crippen molar-refractivity contribution in [2.24, 2.45) is 0 Å². The van der Waals surface area contributed by atoms with Crippen LogP contribution in [0.1, 0.15) is 6.42 Å². The van der Waals surface area contributed by atoms with E-state index in [9.17, 15) is 30.7 Å². The molecule has 1 atom stereocenters. The molecule has 0 spiro atoms. The second-order valence-electron chi connectivity index (χ2n) is 2.56. The van der Waals surface area contributed by atoms with Crippen LogP contribution in [-0.4, -0.2) is 24.4 Å². The van der Waals surface area contributed by atoms with Gasteiger partial charge in [0, 0.05) is 6.42 Å². The number of rotatable bonds is 5. The second-order valence-corrected chi connectivity index (χ2v) is 2.56. The van der Waals surface area contributed by atoms with Gasteiger partial charge in [-0.3, -0.25) is 0 Å². The van der Waals surface area contributed by atoms with Gasteiger partial charge in [-0.05, 0) is 0 Å². The van der Waals surface area contributed by atoms with Crippen LogP contribution in [0, 0.1) is 0 Å². The van der Waals surface area contributed by atoms with Gasteiger partial charge in [0.25, 0.3) is 6.43 Å². The molecule has 0 aliphatic rings. The Labute approximate surface area is 75.4 Å². The third-order valence-corrected chi connectivity index (χ3v) is 1.46. The zero-order valence-electron chi connectivity index (χ0n) is 6.79. The van der Waals surface area contributed by atoms with Crippen LogP contribution in [0.15, 0.2) is 12.7 Å². The monoisotopic (exact) mass is 224 g/mol. The van der Waals surface area contributed by atoms with Crippen LogP contribution in [-0.2, 0) is 0 Å². The Kier molecular flexibility index (Phi) is 3.96. The predicted molar refractivity (Wildman–Crippen MR) is 35.6 cm³/mol. The Morgan fingerprint density at radius 3 is 1.79 bits per heavy atom. The first kappa shape index (κ1) is 13.2. The molecule has 0 aromatic rings. The molecule has 84 valence electrons. The first-order valence-electron chi connectivity index (χ1n) is 3.45. The van der Waals surface area contributed by atoms with Crippen molar-refractivity contribution in [3.05, 3.63) is 12.7 Å². The van der Waals surface area contributed by atoms with Crippen molar-refractivity contribution in [2.45, 2.75) is 30.9 Å². The maximum absolute atomic E-state index is 12.4. The zero-order valence-corrected chi connectivity index (χ0v) is 6.79. The molecule has 0 fully saturated rings. The van der Waals surface area contributed by atoms with E-state index >= 15 is 0 Å². The Morgan fingerprint density at radius 1 is 1.07 bits per heavy atom. The molecular weight excluding hydrogens is 217 g/mol. The number of alkyl halides is 7. The van der Waals surface area contributed by atoms with Crippen LogP contribution in [0.2, 0.25) is 0 Å². The molecule has 0 bridgehead atoms. The van der Waals surface area contributed by atoms with Gasteiger partial charge in [0.1, 0.15) is 0 Å². The first-order chi connectivity index (χ1) is 6.16. The highest BCUT2D eigenvalue weighted by Crippen LogP contribution is 2.42. The number of hydrogen-bond donors (Lipinski definition) is 0. The molecule has 0 saturated heterocycles. The average molecular weight is 224 g/mol. The smallest absolute Gasteiger partial charge is 0.234 e. The highest BCUT2D eigenvalue weighted by atomic mass is 19.3. The van der Waals surface area contributed by atoms with Crippen molar-refractivity contribution in [2.75, 3.05) is 0 Å². The Hall–Kier alpha value is -0.750. The van der Waals surface area contributed by atoms with Crippen LogP contribution in [0.5, 0.6) is 0 Å². The van der Waals surface area contributed by atoms with Crippen molar-refractivity contribution >= 4 is 0 Å². The van der Waals surface area contributed by atoms with E-state index in [2.05, 4.69) is 6.58 Å². The molecule has 0 amide bonds. The zero-order chi connectivity index (χ0) is 11.6. The van der Waals surface area contributed by atoms with E-state index in [0.29, 0.717) is 6.08 Å². The van der Waals surface area contributed by atoms with Gasteiger partial charge in [0.15, 0.2) is 0 Å². The molecule has 0 heterocycles. The number of halogens is 7. The molecule has 0 saturated carbocycles. The quantitative estimate of drug-likeness (QED) is 0.495. The topological polar surface area (TPSA) is 0 Å².